The summed E-state index contributed by atoms with van der Waals surface area (Å²) in [6, 6.07) is 18.7. The number of rotatable bonds is 12. The lowest BCUT2D eigenvalue weighted by Crippen LogP contribution is -2.27. The summed E-state index contributed by atoms with van der Waals surface area (Å²) in [6.45, 7) is 6.52. The Morgan fingerprint density at radius 1 is 0.931 bits per heavy atom. The smallest absolute Gasteiger partial charge is 0.0737 e. The van der Waals surface area contributed by atoms with E-state index in [9.17, 15) is 0 Å². The van der Waals surface area contributed by atoms with E-state index >= 15 is 0 Å². The minimum atomic E-state index is 0.724. The SMILES string of the molecule is CCCCCCN(CCCNc1ccnc2cc(Cl)ccc12)Cc1ccccc1. The van der Waals surface area contributed by atoms with Gasteiger partial charge in [0.2, 0.25) is 0 Å². The van der Waals surface area contributed by atoms with Crippen molar-refractivity contribution in [2.75, 3.05) is 25.0 Å². The van der Waals surface area contributed by atoms with E-state index in [-0.39, 0.29) is 0 Å². The number of fused-ring (bicyclic) bond motifs is 1. The largest absolute Gasteiger partial charge is 0.384 e. The number of hydrogen-bond acceptors (Lipinski definition) is 3. The Morgan fingerprint density at radius 3 is 2.59 bits per heavy atom. The summed E-state index contributed by atoms with van der Waals surface area (Å²) < 4.78 is 0. The van der Waals surface area contributed by atoms with Gasteiger partial charge in [-0.1, -0.05) is 68.1 Å². The maximum absolute atomic E-state index is 6.09. The molecule has 1 aromatic heterocycles. The van der Waals surface area contributed by atoms with Crippen molar-refractivity contribution in [2.24, 2.45) is 0 Å². The predicted molar refractivity (Wildman–Crippen MR) is 126 cm³/mol. The molecule has 1 heterocycles. The summed E-state index contributed by atoms with van der Waals surface area (Å²) in [5.41, 5.74) is 3.46. The van der Waals surface area contributed by atoms with E-state index < -0.39 is 0 Å². The first kappa shape index (κ1) is 21.6. The van der Waals surface area contributed by atoms with Gasteiger partial charge in [0.15, 0.2) is 0 Å². The van der Waals surface area contributed by atoms with Crippen LogP contribution in [0.3, 0.4) is 0 Å². The molecule has 2 aromatic carbocycles. The highest BCUT2D eigenvalue weighted by molar-refractivity contribution is 6.31. The van der Waals surface area contributed by atoms with Crippen LogP contribution in [-0.2, 0) is 6.54 Å². The molecule has 0 radical (unpaired) electrons. The number of unbranched alkanes of at least 4 members (excludes halogenated alkanes) is 3. The Hall–Kier alpha value is -2.10. The van der Waals surface area contributed by atoms with Crippen LogP contribution in [0.1, 0.15) is 44.6 Å². The number of nitrogens with one attached hydrogen (secondary N) is 1. The molecule has 0 saturated heterocycles. The van der Waals surface area contributed by atoms with E-state index in [1.807, 2.05) is 30.5 Å². The summed E-state index contributed by atoms with van der Waals surface area (Å²) in [5, 5.41) is 5.44. The Balaban J connectivity index is 1.52. The van der Waals surface area contributed by atoms with Crippen molar-refractivity contribution in [1.29, 1.82) is 0 Å². The number of aromatic nitrogens is 1. The van der Waals surface area contributed by atoms with Gasteiger partial charge in [0, 0.05) is 41.9 Å². The Bertz CT molecular complexity index is 866. The van der Waals surface area contributed by atoms with E-state index in [1.54, 1.807) is 0 Å². The van der Waals surface area contributed by atoms with Gasteiger partial charge in [-0.2, -0.15) is 0 Å². The molecule has 0 bridgehead atoms. The summed E-state index contributed by atoms with van der Waals surface area (Å²) in [5.74, 6) is 0. The van der Waals surface area contributed by atoms with Gasteiger partial charge in [0.1, 0.15) is 0 Å². The summed E-state index contributed by atoms with van der Waals surface area (Å²) >= 11 is 6.09. The topological polar surface area (TPSA) is 28.2 Å². The van der Waals surface area contributed by atoms with E-state index in [0.29, 0.717) is 0 Å². The van der Waals surface area contributed by atoms with Gasteiger partial charge in [-0.3, -0.25) is 9.88 Å². The van der Waals surface area contributed by atoms with Crippen molar-refractivity contribution >= 4 is 28.2 Å². The highest BCUT2D eigenvalue weighted by Crippen LogP contribution is 2.24. The van der Waals surface area contributed by atoms with E-state index in [1.165, 1.54) is 37.8 Å². The minimum Gasteiger partial charge on any atom is -0.384 e. The van der Waals surface area contributed by atoms with Crippen LogP contribution in [0.15, 0.2) is 60.8 Å². The highest BCUT2D eigenvalue weighted by Gasteiger charge is 2.07. The van der Waals surface area contributed by atoms with Crippen molar-refractivity contribution in [3.63, 3.8) is 0 Å². The molecule has 3 aromatic rings. The third kappa shape index (κ3) is 7.02. The molecule has 154 valence electrons. The second kappa shape index (κ2) is 11.8. The van der Waals surface area contributed by atoms with Crippen LogP contribution in [0, 0.1) is 0 Å². The first-order chi connectivity index (χ1) is 14.3. The molecular weight excluding hydrogens is 378 g/mol. The van der Waals surface area contributed by atoms with Crippen LogP contribution >= 0.6 is 11.6 Å². The molecule has 0 aliphatic rings. The van der Waals surface area contributed by atoms with Crippen molar-refractivity contribution < 1.29 is 0 Å². The lowest BCUT2D eigenvalue weighted by atomic mass is 10.1. The third-order valence-electron chi connectivity index (χ3n) is 5.25. The van der Waals surface area contributed by atoms with Gasteiger partial charge in [0.25, 0.3) is 0 Å². The fourth-order valence-corrected chi connectivity index (χ4v) is 3.84. The minimum absolute atomic E-state index is 0.724. The van der Waals surface area contributed by atoms with E-state index in [4.69, 9.17) is 11.6 Å². The van der Waals surface area contributed by atoms with Gasteiger partial charge >= 0.3 is 0 Å². The molecule has 1 N–H and O–H groups in total. The average molecular weight is 410 g/mol. The van der Waals surface area contributed by atoms with Gasteiger partial charge in [-0.25, -0.2) is 0 Å². The van der Waals surface area contributed by atoms with E-state index in [0.717, 1.165) is 47.7 Å². The molecular formula is C25H32ClN3. The molecule has 4 heteroatoms. The fourth-order valence-electron chi connectivity index (χ4n) is 3.67. The Labute approximate surface area is 180 Å². The molecule has 29 heavy (non-hydrogen) atoms. The monoisotopic (exact) mass is 409 g/mol. The number of nitrogens with zero attached hydrogens (tertiary/aromatic N) is 2. The highest BCUT2D eigenvalue weighted by atomic mass is 35.5. The second-order valence-corrected chi connectivity index (χ2v) is 8.06. The number of benzene rings is 2. The maximum Gasteiger partial charge on any atom is 0.0737 e. The zero-order chi connectivity index (χ0) is 20.3. The molecule has 0 spiro atoms. The normalized spacial score (nSPS) is 11.3. The van der Waals surface area contributed by atoms with Crippen molar-refractivity contribution in [3.8, 4) is 0 Å². The summed E-state index contributed by atoms with van der Waals surface area (Å²) in [6.07, 6.45) is 8.18. The summed E-state index contributed by atoms with van der Waals surface area (Å²) in [4.78, 5) is 7.02. The first-order valence-electron chi connectivity index (χ1n) is 10.8. The van der Waals surface area contributed by atoms with Crippen LogP contribution in [0.4, 0.5) is 5.69 Å². The van der Waals surface area contributed by atoms with Crippen LogP contribution in [0.25, 0.3) is 10.9 Å². The quantitative estimate of drug-likeness (QED) is 0.334. The maximum atomic E-state index is 6.09. The Morgan fingerprint density at radius 2 is 1.76 bits per heavy atom. The predicted octanol–water partition coefficient (Wildman–Crippen LogP) is 6.77. The van der Waals surface area contributed by atoms with Gasteiger partial charge in [-0.15, -0.1) is 0 Å². The molecule has 0 unspecified atom stereocenters. The molecule has 3 nitrogen and oxygen atoms in total. The molecule has 0 atom stereocenters. The Kier molecular flexibility index (Phi) is 8.79. The molecule has 0 fully saturated rings. The third-order valence-corrected chi connectivity index (χ3v) is 5.48. The summed E-state index contributed by atoms with van der Waals surface area (Å²) in [7, 11) is 0. The lowest BCUT2D eigenvalue weighted by Gasteiger charge is -2.23. The van der Waals surface area contributed by atoms with Crippen molar-refractivity contribution in [3.05, 3.63) is 71.4 Å². The molecule has 0 aliphatic carbocycles. The molecule has 0 aliphatic heterocycles. The van der Waals surface area contributed by atoms with Gasteiger partial charge in [-0.05, 0) is 49.2 Å². The number of hydrogen-bond donors (Lipinski definition) is 1. The van der Waals surface area contributed by atoms with Crippen LogP contribution in [-0.4, -0.2) is 29.5 Å². The lowest BCUT2D eigenvalue weighted by molar-refractivity contribution is 0.258. The van der Waals surface area contributed by atoms with Crippen LogP contribution in [0.5, 0.6) is 0 Å². The number of anilines is 1. The number of halogens is 1. The number of pyridine rings is 1. The second-order valence-electron chi connectivity index (χ2n) is 7.62. The van der Waals surface area contributed by atoms with Crippen LogP contribution in [0.2, 0.25) is 5.02 Å². The standard InChI is InChI=1S/C25H32ClN3/c1-2-3-4-8-17-29(20-21-10-6-5-7-11-21)18-9-15-27-24-14-16-28-25-19-22(26)12-13-23(24)25/h5-7,10-14,16,19H,2-4,8-9,15,17-18,20H2,1H3,(H,27,28). The zero-order valence-corrected chi connectivity index (χ0v) is 18.2. The van der Waals surface area contributed by atoms with Crippen molar-refractivity contribution in [2.45, 2.75) is 45.6 Å². The van der Waals surface area contributed by atoms with Gasteiger partial charge in [0.05, 0.1) is 5.52 Å². The zero-order valence-electron chi connectivity index (χ0n) is 17.4. The van der Waals surface area contributed by atoms with Crippen LogP contribution < -0.4 is 5.32 Å². The molecule has 0 saturated carbocycles. The van der Waals surface area contributed by atoms with Gasteiger partial charge < -0.3 is 5.32 Å². The van der Waals surface area contributed by atoms with Crippen molar-refractivity contribution in [1.82, 2.24) is 9.88 Å². The molecule has 0 amide bonds. The fraction of sp³-hybridized carbons (Fsp3) is 0.400. The van der Waals surface area contributed by atoms with E-state index in [2.05, 4.69) is 52.5 Å². The first-order valence-corrected chi connectivity index (χ1v) is 11.2. The average Bonchev–Trinajstić information content (AvgIpc) is 2.74. The molecule has 3 rings (SSSR count).